The molecule has 1 aromatic rings. The minimum atomic E-state index is 0.267. The number of halogens is 3. The zero-order valence-corrected chi connectivity index (χ0v) is 13.1. The van der Waals surface area contributed by atoms with Crippen molar-refractivity contribution < 1.29 is 0 Å². The Bertz CT molecular complexity index is 396. The fraction of sp³-hybridized carbons (Fsp3) is 0.583. The molecule has 0 bridgehead atoms. The van der Waals surface area contributed by atoms with E-state index in [-0.39, 0.29) is 5.15 Å². The van der Waals surface area contributed by atoms with Crippen LogP contribution in [0.2, 0.25) is 15.2 Å². The highest BCUT2D eigenvalue weighted by Gasteiger charge is 2.07. The lowest BCUT2D eigenvalue weighted by molar-refractivity contribution is 0.273. The summed E-state index contributed by atoms with van der Waals surface area (Å²) in [4.78, 5) is 6.38. The normalized spacial score (nSPS) is 11.3. The van der Waals surface area contributed by atoms with E-state index in [0.717, 1.165) is 19.5 Å². The van der Waals surface area contributed by atoms with Gasteiger partial charge in [-0.05, 0) is 39.9 Å². The summed E-state index contributed by atoms with van der Waals surface area (Å²) in [5.41, 5.74) is 0. The molecule has 0 saturated carbocycles. The highest BCUT2D eigenvalue weighted by atomic mass is 35.5. The molecule has 0 saturated heterocycles. The molecular weight excluding hydrogens is 293 g/mol. The lowest BCUT2D eigenvalue weighted by Gasteiger charge is -2.20. The number of nitrogens with zero attached hydrogens (tertiary/aromatic N) is 2. The van der Waals surface area contributed by atoms with Gasteiger partial charge in [-0.2, -0.15) is 0 Å². The van der Waals surface area contributed by atoms with Crippen LogP contribution in [0, 0.1) is 0 Å². The molecule has 0 aliphatic carbocycles. The molecule has 0 unspecified atom stereocenters. The summed E-state index contributed by atoms with van der Waals surface area (Å²) in [7, 11) is 2.11. The Labute approximate surface area is 123 Å². The molecule has 3 nitrogen and oxygen atoms in total. The second-order valence-electron chi connectivity index (χ2n) is 4.45. The van der Waals surface area contributed by atoms with E-state index in [1.165, 1.54) is 0 Å². The van der Waals surface area contributed by atoms with Crippen molar-refractivity contribution in [1.82, 2.24) is 9.88 Å². The third kappa shape index (κ3) is 4.81. The third-order valence-corrected chi connectivity index (χ3v) is 3.71. The van der Waals surface area contributed by atoms with E-state index in [4.69, 9.17) is 34.8 Å². The van der Waals surface area contributed by atoms with E-state index < -0.39 is 0 Å². The van der Waals surface area contributed by atoms with Crippen molar-refractivity contribution >= 4 is 40.6 Å². The first-order chi connectivity index (χ1) is 8.41. The molecular formula is C12H18Cl3N3. The minimum absolute atomic E-state index is 0.267. The minimum Gasteiger partial charge on any atom is -0.369 e. The second-order valence-corrected chi connectivity index (χ2v) is 5.62. The number of hydrogen-bond donors (Lipinski definition) is 1. The van der Waals surface area contributed by atoms with Crippen LogP contribution >= 0.6 is 34.8 Å². The Morgan fingerprint density at radius 3 is 2.56 bits per heavy atom. The predicted molar refractivity (Wildman–Crippen MR) is 80.1 cm³/mol. The Hall–Kier alpha value is -0.220. The average molecular weight is 311 g/mol. The molecule has 0 radical (unpaired) electrons. The van der Waals surface area contributed by atoms with Gasteiger partial charge in [0.25, 0.3) is 0 Å². The molecule has 0 aliphatic rings. The van der Waals surface area contributed by atoms with Crippen LogP contribution in [0.25, 0.3) is 0 Å². The van der Waals surface area contributed by atoms with E-state index in [0.29, 0.717) is 21.9 Å². The van der Waals surface area contributed by atoms with Crippen LogP contribution in [0.15, 0.2) is 6.07 Å². The summed E-state index contributed by atoms with van der Waals surface area (Å²) in [6.45, 7) is 6.15. The van der Waals surface area contributed by atoms with Crippen molar-refractivity contribution in [2.45, 2.75) is 26.3 Å². The van der Waals surface area contributed by atoms with Gasteiger partial charge < -0.3 is 10.2 Å². The quantitative estimate of drug-likeness (QED) is 0.631. The molecule has 1 heterocycles. The smallest absolute Gasteiger partial charge is 0.150 e. The summed E-state index contributed by atoms with van der Waals surface area (Å²) < 4.78 is 0. The Kier molecular flexibility index (Phi) is 6.50. The fourth-order valence-electron chi connectivity index (χ4n) is 1.36. The van der Waals surface area contributed by atoms with Gasteiger partial charge in [-0.25, -0.2) is 4.98 Å². The Morgan fingerprint density at radius 2 is 1.94 bits per heavy atom. The van der Waals surface area contributed by atoms with E-state index in [1.807, 2.05) is 0 Å². The molecule has 6 heteroatoms. The molecule has 1 rings (SSSR count). The maximum atomic E-state index is 6.01. The van der Waals surface area contributed by atoms with Crippen LogP contribution in [0.4, 0.5) is 5.82 Å². The van der Waals surface area contributed by atoms with Crippen molar-refractivity contribution in [1.29, 1.82) is 0 Å². The topological polar surface area (TPSA) is 28.2 Å². The maximum absolute atomic E-state index is 6.01. The first kappa shape index (κ1) is 15.8. The van der Waals surface area contributed by atoms with Gasteiger partial charge in [-0.1, -0.05) is 34.8 Å². The standard InChI is InChI=1S/C12H18Cl3N3/c1-8(2)18(3)6-4-5-16-12-10(14)7-9(13)11(15)17-12/h7-8H,4-6H2,1-3H3,(H,16,17). The van der Waals surface area contributed by atoms with Crippen molar-refractivity contribution in [3.63, 3.8) is 0 Å². The molecule has 0 aliphatic heterocycles. The zero-order valence-electron chi connectivity index (χ0n) is 10.8. The monoisotopic (exact) mass is 309 g/mol. The maximum Gasteiger partial charge on any atom is 0.150 e. The second kappa shape index (κ2) is 7.39. The highest BCUT2D eigenvalue weighted by Crippen LogP contribution is 2.28. The van der Waals surface area contributed by atoms with Crippen molar-refractivity contribution in [3.05, 3.63) is 21.3 Å². The van der Waals surface area contributed by atoms with Gasteiger partial charge in [-0.3, -0.25) is 0 Å². The summed E-state index contributed by atoms with van der Waals surface area (Å²) in [6.07, 6.45) is 1.01. The van der Waals surface area contributed by atoms with Gasteiger partial charge >= 0.3 is 0 Å². The highest BCUT2D eigenvalue weighted by molar-refractivity contribution is 6.42. The lowest BCUT2D eigenvalue weighted by Crippen LogP contribution is -2.28. The Balaban J connectivity index is 2.42. The summed E-state index contributed by atoms with van der Waals surface area (Å²) >= 11 is 17.7. The predicted octanol–water partition coefficient (Wildman–Crippen LogP) is 4.18. The molecule has 18 heavy (non-hydrogen) atoms. The molecule has 0 fully saturated rings. The van der Waals surface area contributed by atoms with Gasteiger partial charge in [0.15, 0.2) is 0 Å². The average Bonchev–Trinajstić information content (AvgIpc) is 2.30. The van der Waals surface area contributed by atoms with Crippen molar-refractivity contribution in [2.75, 3.05) is 25.5 Å². The van der Waals surface area contributed by atoms with Crippen molar-refractivity contribution in [2.24, 2.45) is 0 Å². The van der Waals surface area contributed by atoms with Crippen molar-refractivity contribution in [3.8, 4) is 0 Å². The summed E-state index contributed by atoms with van der Waals surface area (Å²) in [6, 6.07) is 2.15. The number of rotatable bonds is 6. The van der Waals surface area contributed by atoms with E-state index >= 15 is 0 Å². The molecule has 0 aromatic carbocycles. The van der Waals surface area contributed by atoms with Gasteiger partial charge in [0.05, 0.1) is 10.0 Å². The third-order valence-electron chi connectivity index (χ3n) is 2.75. The molecule has 1 N–H and O–H groups in total. The summed E-state index contributed by atoms with van der Waals surface area (Å²) in [5.74, 6) is 0.582. The van der Waals surface area contributed by atoms with Crippen LogP contribution in [0.3, 0.4) is 0 Å². The molecule has 1 aromatic heterocycles. The fourth-order valence-corrected chi connectivity index (χ4v) is 1.93. The first-order valence-electron chi connectivity index (χ1n) is 5.87. The number of pyridine rings is 1. The molecule has 102 valence electrons. The van der Waals surface area contributed by atoms with Gasteiger partial charge in [-0.15, -0.1) is 0 Å². The number of hydrogen-bond acceptors (Lipinski definition) is 3. The van der Waals surface area contributed by atoms with E-state index in [2.05, 4.69) is 36.1 Å². The SMILES string of the molecule is CC(C)N(C)CCCNc1nc(Cl)c(Cl)cc1Cl. The van der Waals surface area contributed by atoms with Crippen LogP contribution in [-0.2, 0) is 0 Å². The van der Waals surface area contributed by atoms with Gasteiger partial charge in [0, 0.05) is 12.6 Å². The largest absolute Gasteiger partial charge is 0.369 e. The lowest BCUT2D eigenvalue weighted by atomic mass is 10.3. The van der Waals surface area contributed by atoms with Crippen LogP contribution in [0.1, 0.15) is 20.3 Å². The number of anilines is 1. The Morgan fingerprint density at radius 1 is 1.28 bits per heavy atom. The zero-order chi connectivity index (χ0) is 13.7. The summed E-state index contributed by atoms with van der Waals surface area (Å²) in [5, 5.41) is 4.28. The molecule has 0 amide bonds. The van der Waals surface area contributed by atoms with E-state index in [1.54, 1.807) is 6.07 Å². The molecule has 0 spiro atoms. The number of aromatic nitrogens is 1. The number of nitrogens with one attached hydrogen (secondary N) is 1. The molecule has 0 atom stereocenters. The van der Waals surface area contributed by atoms with Crippen LogP contribution in [-0.4, -0.2) is 36.1 Å². The first-order valence-corrected chi connectivity index (χ1v) is 7.01. The van der Waals surface area contributed by atoms with Gasteiger partial charge in [0.1, 0.15) is 11.0 Å². The van der Waals surface area contributed by atoms with Gasteiger partial charge in [0.2, 0.25) is 0 Å². The van der Waals surface area contributed by atoms with Crippen LogP contribution in [0.5, 0.6) is 0 Å². The van der Waals surface area contributed by atoms with E-state index in [9.17, 15) is 0 Å². The van der Waals surface area contributed by atoms with Crippen LogP contribution < -0.4 is 5.32 Å².